The van der Waals surface area contributed by atoms with Gasteiger partial charge in [-0.05, 0) is 45.0 Å². The molecule has 3 N–H and O–H groups in total. The van der Waals surface area contributed by atoms with Crippen molar-refractivity contribution in [1.82, 2.24) is 9.97 Å². The van der Waals surface area contributed by atoms with Gasteiger partial charge in [0.05, 0.1) is 23.4 Å². The Labute approximate surface area is 167 Å². The Morgan fingerprint density at radius 3 is 2.62 bits per heavy atom. The first kappa shape index (κ1) is 19.9. The van der Waals surface area contributed by atoms with Gasteiger partial charge < -0.3 is 9.84 Å². The number of carboxylic acids is 1. The van der Waals surface area contributed by atoms with Crippen molar-refractivity contribution in [3.8, 4) is 5.75 Å². The first-order valence-corrected chi connectivity index (χ1v) is 9.03. The number of rotatable bonds is 5. The van der Waals surface area contributed by atoms with Crippen LogP contribution in [0.4, 0.5) is 5.95 Å². The molecule has 29 heavy (non-hydrogen) atoms. The highest BCUT2D eigenvalue weighted by molar-refractivity contribution is 6.12. The second-order valence-electron chi connectivity index (χ2n) is 6.27. The third-order valence-corrected chi connectivity index (χ3v) is 4.23. The van der Waals surface area contributed by atoms with E-state index in [1.165, 1.54) is 6.07 Å². The fraction of sp³-hybridized carbons (Fsp3) is 0.190. The van der Waals surface area contributed by atoms with Crippen LogP contribution in [0.3, 0.4) is 0 Å². The van der Waals surface area contributed by atoms with Crippen LogP contribution in [-0.2, 0) is 0 Å². The molecule has 0 spiro atoms. The van der Waals surface area contributed by atoms with Crippen LogP contribution in [0.2, 0.25) is 0 Å². The van der Waals surface area contributed by atoms with Crippen LogP contribution in [0.1, 0.15) is 35.5 Å². The number of hydrogen-bond donors (Lipinski definition) is 3. The number of nitrogens with zero attached hydrogens (tertiary/aromatic N) is 3. The average molecular weight is 391 g/mol. The highest BCUT2D eigenvalue weighted by Gasteiger charge is 2.12. The van der Waals surface area contributed by atoms with Crippen LogP contribution < -0.4 is 10.1 Å². The lowest BCUT2D eigenvalue weighted by Gasteiger charge is -2.10. The summed E-state index contributed by atoms with van der Waals surface area (Å²) in [5.41, 5.74) is 2.44. The fourth-order valence-corrected chi connectivity index (χ4v) is 2.92. The molecule has 0 saturated heterocycles. The molecule has 3 aromatic rings. The minimum Gasteiger partial charge on any atom is -0.494 e. The number of aromatic nitrogens is 2. The maximum atomic E-state index is 11.4. The van der Waals surface area contributed by atoms with Crippen LogP contribution in [0, 0.1) is 12.3 Å². The van der Waals surface area contributed by atoms with E-state index in [2.05, 4.69) is 20.3 Å². The van der Waals surface area contributed by atoms with E-state index in [0.29, 0.717) is 23.4 Å². The summed E-state index contributed by atoms with van der Waals surface area (Å²) in [6.45, 7) is 6.00. The van der Waals surface area contributed by atoms with Gasteiger partial charge >= 0.3 is 5.97 Å². The van der Waals surface area contributed by atoms with E-state index < -0.39 is 5.97 Å². The second-order valence-corrected chi connectivity index (χ2v) is 6.27. The van der Waals surface area contributed by atoms with Crippen LogP contribution in [0.5, 0.6) is 5.75 Å². The van der Waals surface area contributed by atoms with Gasteiger partial charge in [-0.2, -0.15) is 0 Å². The van der Waals surface area contributed by atoms with E-state index in [1.807, 2.05) is 32.0 Å². The Bertz CT molecular complexity index is 1120. The maximum Gasteiger partial charge on any atom is 0.336 e. The highest BCUT2D eigenvalue weighted by Crippen LogP contribution is 2.23. The molecule has 0 aliphatic rings. The fourth-order valence-electron chi connectivity index (χ4n) is 2.92. The van der Waals surface area contributed by atoms with Gasteiger partial charge in [0.2, 0.25) is 11.9 Å². The van der Waals surface area contributed by atoms with Crippen LogP contribution in [0.15, 0.2) is 47.5 Å². The van der Waals surface area contributed by atoms with Crippen molar-refractivity contribution < 1.29 is 14.6 Å². The number of aliphatic imine (C=N–C) groups is 1. The van der Waals surface area contributed by atoms with Gasteiger partial charge in [0, 0.05) is 16.7 Å². The summed E-state index contributed by atoms with van der Waals surface area (Å²) in [5, 5.41) is 21.0. The normalized spacial score (nSPS) is 11.3. The van der Waals surface area contributed by atoms with Crippen molar-refractivity contribution in [3.63, 3.8) is 0 Å². The predicted octanol–water partition coefficient (Wildman–Crippen LogP) is 3.89. The third-order valence-electron chi connectivity index (χ3n) is 4.23. The van der Waals surface area contributed by atoms with Crippen molar-refractivity contribution >= 4 is 34.5 Å². The molecule has 1 heterocycles. The molecule has 8 nitrogen and oxygen atoms in total. The number of nitrogens with one attached hydrogen (secondary N) is 2. The van der Waals surface area contributed by atoms with Crippen molar-refractivity contribution in [1.29, 1.82) is 5.41 Å². The topological polar surface area (TPSA) is 121 Å². The van der Waals surface area contributed by atoms with Gasteiger partial charge in [0.25, 0.3) is 0 Å². The van der Waals surface area contributed by atoms with Crippen molar-refractivity contribution in [2.75, 3.05) is 11.9 Å². The van der Waals surface area contributed by atoms with Gasteiger partial charge in [-0.3, -0.25) is 10.7 Å². The van der Waals surface area contributed by atoms with Crippen molar-refractivity contribution in [2.45, 2.75) is 20.8 Å². The molecular formula is C21H21N5O3. The SMILES string of the molecule is CCOc1ccc2nc(NC(=N)/N=C(\C)c3ccccc3C(=O)O)nc(C)c2c1. The van der Waals surface area contributed by atoms with Gasteiger partial charge in [0.1, 0.15) is 5.75 Å². The summed E-state index contributed by atoms with van der Waals surface area (Å²) in [6, 6.07) is 12.1. The Morgan fingerprint density at radius 1 is 1.21 bits per heavy atom. The van der Waals surface area contributed by atoms with Crippen LogP contribution in [0.25, 0.3) is 10.9 Å². The molecule has 3 rings (SSSR count). The highest BCUT2D eigenvalue weighted by atomic mass is 16.5. The van der Waals surface area contributed by atoms with E-state index in [-0.39, 0.29) is 17.5 Å². The molecule has 2 aromatic carbocycles. The van der Waals surface area contributed by atoms with Crippen molar-refractivity contribution in [2.24, 2.45) is 4.99 Å². The monoisotopic (exact) mass is 391 g/mol. The second kappa shape index (κ2) is 8.47. The lowest BCUT2D eigenvalue weighted by molar-refractivity contribution is 0.0696. The smallest absolute Gasteiger partial charge is 0.336 e. The number of benzene rings is 2. The predicted molar refractivity (Wildman–Crippen MR) is 112 cm³/mol. The molecule has 148 valence electrons. The average Bonchev–Trinajstić information content (AvgIpc) is 2.68. The van der Waals surface area contributed by atoms with E-state index in [4.69, 9.17) is 10.1 Å². The Hall–Kier alpha value is -3.81. The van der Waals surface area contributed by atoms with E-state index >= 15 is 0 Å². The van der Waals surface area contributed by atoms with Gasteiger partial charge in [-0.1, -0.05) is 18.2 Å². The molecule has 0 bridgehead atoms. The standard InChI is InChI=1S/C21H21N5O3/c1-4-29-14-9-10-18-17(11-14)13(3)24-21(25-18)26-20(22)23-12(2)15-7-5-6-8-16(15)19(27)28/h5-11H,4H2,1-3H3,(H,27,28)(H2,22,24,25,26)/b23-12+. The van der Waals surface area contributed by atoms with Crippen molar-refractivity contribution in [3.05, 3.63) is 59.3 Å². The van der Waals surface area contributed by atoms with Gasteiger partial charge in [0.15, 0.2) is 0 Å². The molecule has 0 aliphatic heterocycles. The van der Waals surface area contributed by atoms with Gasteiger partial charge in [-0.15, -0.1) is 0 Å². The first-order valence-electron chi connectivity index (χ1n) is 9.03. The lowest BCUT2D eigenvalue weighted by atomic mass is 10.0. The van der Waals surface area contributed by atoms with E-state index in [0.717, 1.165) is 16.8 Å². The summed E-state index contributed by atoms with van der Waals surface area (Å²) in [7, 11) is 0. The molecular weight excluding hydrogens is 370 g/mol. The molecule has 0 aliphatic carbocycles. The number of guanidine groups is 1. The largest absolute Gasteiger partial charge is 0.494 e. The number of fused-ring (bicyclic) bond motifs is 1. The summed E-state index contributed by atoms with van der Waals surface area (Å²) in [5.74, 6) is -0.244. The number of aromatic carboxylic acids is 1. The summed E-state index contributed by atoms with van der Waals surface area (Å²) >= 11 is 0. The van der Waals surface area contributed by atoms with E-state index in [9.17, 15) is 9.90 Å². The minimum atomic E-state index is -1.05. The molecule has 0 saturated carbocycles. The third kappa shape index (κ3) is 4.55. The molecule has 0 unspecified atom stereocenters. The Balaban J connectivity index is 1.85. The minimum absolute atomic E-state index is 0.129. The van der Waals surface area contributed by atoms with Crippen LogP contribution in [-0.4, -0.2) is 39.3 Å². The zero-order chi connectivity index (χ0) is 21.0. The summed E-state index contributed by atoms with van der Waals surface area (Å²) < 4.78 is 5.51. The number of anilines is 1. The molecule has 0 amide bonds. The number of aryl methyl sites for hydroxylation is 1. The number of ether oxygens (including phenoxy) is 1. The number of carboxylic acid groups (broad SMARTS) is 1. The number of hydrogen-bond acceptors (Lipinski definition) is 5. The summed E-state index contributed by atoms with van der Waals surface area (Å²) in [6.07, 6.45) is 0. The lowest BCUT2D eigenvalue weighted by Crippen LogP contribution is -2.15. The van der Waals surface area contributed by atoms with Gasteiger partial charge in [-0.25, -0.2) is 19.8 Å². The van der Waals surface area contributed by atoms with E-state index in [1.54, 1.807) is 25.1 Å². The molecule has 0 fully saturated rings. The first-order chi connectivity index (χ1) is 13.9. The van der Waals surface area contributed by atoms with Crippen LogP contribution >= 0.6 is 0 Å². The molecule has 1 aromatic heterocycles. The molecule has 0 atom stereocenters. The summed E-state index contributed by atoms with van der Waals surface area (Å²) in [4.78, 5) is 24.3. The Kier molecular flexibility index (Phi) is 5.82. The zero-order valence-corrected chi connectivity index (χ0v) is 16.4. The molecule has 8 heteroatoms. The maximum absolute atomic E-state index is 11.4. The Morgan fingerprint density at radius 2 is 1.93 bits per heavy atom. The quantitative estimate of drug-likeness (QED) is 0.448. The number of carbonyl (C=O) groups is 1. The zero-order valence-electron chi connectivity index (χ0n) is 16.4. The molecule has 0 radical (unpaired) electrons.